The van der Waals surface area contributed by atoms with Crippen LogP contribution in [-0.2, 0) is 11.2 Å². The van der Waals surface area contributed by atoms with Gasteiger partial charge in [-0.25, -0.2) is 0 Å². The maximum atomic E-state index is 12.5. The molecule has 0 spiro atoms. The van der Waals surface area contributed by atoms with Crippen LogP contribution in [0.4, 0.5) is 5.69 Å². The van der Waals surface area contributed by atoms with Gasteiger partial charge in [-0.1, -0.05) is 24.3 Å². The van der Waals surface area contributed by atoms with Crippen LogP contribution in [0.15, 0.2) is 48.5 Å². The molecule has 1 aliphatic heterocycles. The molecule has 2 aromatic carbocycles. The van der Waals surface area contributed by atoms with Crippen LogP contribution in [-0.4, -0.2) is 19.4 Å². The second-order valence-electron chi connectivity index (χ2n) is 6.75. The lowest BCUT2D eigenvalue weighted by Crippen LogP contribution is -2.40. The van der Waals surface area contributed by atoms with Crippen molar-refractivity contribution in [2.24, 2.45) is 5.92 Å². The van der Waals surface area contributed by atoms with E-state index in [2.05, 4.69) is 41.3 Å². The number of ketones is 1. The summed E-state index contributed by atoms with van der Waals surface area (Å²) in [6, 6.07) is 17.0. The average molecular weight is 321 g/mol. The van der Waals surface area contributed by atoms with Gasteiger partial charge in [0, 0.05) is 24.6 Å². The molecule has 0 N–H and O–H groups in total. The third kappa shape index (κ3) is 2.58. The van der Waals surface area contributed by atoms with Crippen molar-refractivity contribution in [2.45, 2.75) is 31.7 Å². The minimum Gasteiger partial charge on any atom is -0.497 e. The van der Waals surface area contributed by atoms with E-state index in [1.807, 2.05) is 12.1 Å². The number of rotatable bonds is 3. The fourth-order valence-electron chi connectivity index (χ4n) is 4.27. The van der Waals surface area contributed by atoms with E-state index in [-0.39, 0.29) is 12.0 Å². The number of nitrogens with zero attached hydrogens (tertiary/aromatic N) is 1. The maximum Gasteiger partial charge on any atom is 0.138 e. The van der Waals surface area contributed by atoms with E-state index in [9.17, 15) is 4.79 Å². The molecule has 0 aromatic heterocycles. The molecule has 1 aliphatic carbocycles. The van der Waals surface area contributed by atoms with E-state index in [0.717, 1.165) is 38.0 Å². The topological polar surface area (TPSA) is 29.5 Å². The maximum absolute atomic E-state index is 12.5. The first-order chi connectivity index (χ1) is 11.8. The highest BCUT2D eigenvalue weighted by molar-refractivity contribution is 5.84. The smallest absolute Gasteiger partial charge is 0.138 e. The van der Waals surface area contributed by atoms with Crippen LogP contribution in [0.25, 0.3) is 0 Å². The number of carbonyl (C=O) groups is 1. The predicted molar refractivity (Wildman–Crippen MR) is 95.6 cm³/mol. The Morgan fingerprint density at radius 2 is 1.83 bits per heavy atom. The van der Waals surface area contributed by atoms with Crippen molar-refractivity contribution in [1.29, 1.82) is 0 Å². The summed E-state index contributed by atoms with van der Waals surface area (Å²) in [7, 11) is 1.69. The highest BCUT2D eigenvalue weighted by Crippen LogP contribution is 2.43. The highest BCUT2D eigenvalue weighted by atomic mass is 16.5. The number of methoxy groups -OCH3 is 1. The van der Waals surface area contributed by atoms with Crippen LogP contribution in [0, 0.1) is 5.92 Å². The fraction of sp³-hybridized carbons (Fsp3) is 0.381. The summed E-state index contributed by atoms with van der Waals surface area (Å²) in [5, 5.41) is 0. The van der Waals surface area contributed by atoms with Gasteiger partial charge in [0.25, 0.3) is 0 Å². The van der Waals surface area contributed by atoms with Crippen molar-refractivity contribution in [3.8, 4) is 5.75 Å². The minimum atomic E-state index is 0.119. The number of carbonyl (C=O) groups excluding carboxylic acids is 1. The van der Waals surface area contributed by atoms with Crippen LogP contribution in [0.2, 0.25) is 0 Å². The molecule has 0 bridgehead atoms. The minimum absolute atomic E-state index is 0.119. The lowest BCUT2D eigenvalue weighted by atomic mass is 9.83. The van der Waals surface area contributed by atoms with Gasteiger partial charge in [0.05, 0.1) is 13.2 Å². The summed E-state index contributed by atoms with van der Waals surface area (Å²) in [4.78, 5) is 14.9. The SMILES string of the molecule is COc1ccc(N2CCc3ccccc3[C@H]2[C@@H]2CCCC2=O)cc1. The molecule has 4 rings (SSSR count). The number of hydrogen-bond acceptors (Lipinski definition) is 3. The zero-order valence-corrected chi connectivity index (χ0v) is 14.1. The Balaban J connectivity index is 1.75. The Kier molecular flexibility index (Phi) is 4.01. The summed E-state index contributed by atoms with van der Waals surface area (Å²) in [5.74, 6) is 1.41. The van der Waals surface area contributed by atoms with Gasteiger partial charge >= 0.3 is 0 Å². The van der Waals surface area contributed by atoms with E-state index in [1.54, 1.807) is 7.11 Å². The molecule has 1 heterocycles. The number of anilines is 1. The van der Waals surface area contributed by atoms with E-state index in [4.69, 9.17) is 4.74 Å². The molecule has 2 aliphatic rings. The van der Waals surface area contributed by atoms with Crippen molar-refractivity contribution in [3.63, 3.8) is 0 Å². The Bertz CT molecular complexity index is 738. The zero-order valence-electron chi connectivity index (χ0n) is 14.1. The quantitative estimate of drug-likeness (QED) is 0.850. The van der Waals surface area contributed by atoms with Gasteiger partial charge in [0.15, 0.2) is 0 Å². The first-order valence-corrected chi connectivity index (χ1v) is 8.79. The Labute approximate surface area is 143 Å². The number of benzene rings is 2. The van der Waals surface area contributed by atoms with Gasteiger partial charge in [0.1, 0.15) is 11.5 Å². The van der Waals surface area contributed by atoms with Crippen molar-refractivity contribution in [2.75, 3.05) is 18.6 Å². The molecule has 1 fully saturated rings. The summed E-state index contributed by atoms with van der Waals surface area (Å²) >= 11 is 0. The second-order valence-corrected chi connectivity index (χ2v) is 6.75. The third-order valence-electron chi connectivity index (χ3n) is 5.47. The second kappa shape index (κ2) is 6.31. The molecule has 1 saturated carbocycles. The lowest BCUT2D eigenvalue weighted by molar-refractivity contribution is -0.121. The zero-order chi connectivity index (χ0) is 16.5. The Morgan fingerprint density at radius 3 is 2.54 bits per heavy atom. The third-order valence-corrected chi connectivity index (χ3v) is 5.47. The van der Waals surface area contributed by atoms with E-state index in [0.29, 0.717) is 5.78 Å². The number of ether oxygens (including phenoxy) is 1. The summed E-state index contributed by atoms with van der Waals surface area (Å²) < 4.78 is 5.28. The summed E-state index contributed by atoms with van der Waals surface area (Å²) in [6.07, 6.45) is 3.79. The van der Waals surface area contributed by atoms with Gasteiger partial charge in [-0.3, -0.25) is 4.79 Å². The first kappa shape index (κ1) is 15.3. The summed E-state index contributed by atoms with van der Waals surface area (Å²) in [6.45, 7) is 0.956. The van der Waals surface area contributed by atoms with Crippen molar-refractivity contribution in [1.82, 2.24) is 0 Å². The fourth-order valence-corrected chi connectivity index (χ4v) is 4.27. The highest BCUT2D eigenvalue weighted by Gasteiger charge is 2.39. The molecule has 0 amide bonds. The normalized spacial score (nSPS) is 23.2. The molecule has 0 unspecified atom stereocenters. The molecule has 3 heteroatoms. The number of Topliss-reactive ketones (excluding diaryl/α,β-unsaturated/α-hetero) is 1. The first-order valence-electron chi connectivity index (χ1n) is 8.79. The van der Waals surface area contributed by atoms with E-state index >= 15 is 0 Å². The monoisotopic (exact) mass is 321 g/mol. The standard InChI is InChI=1S/C21H23NO2/c1-24-17-11-9-16(10-12-17)22-14-13-15-5-2-3-6-18(15)21(22)19-7-4-8-20(19)23/h2-3,5-6,9-12,19,21H,4,7-8,13-14H2,1H3/t19-,21+/m1/s1. The van der Waals surface area contributed by atoms with Crippen molar-refractivity contribution >= 4 is 11.5 Å². The van der Waals surface area contributed by atoms with Crippen LogP contribution < -0.4 is 9.64 Å². The average Bonchev–Trinajstić information content (AvgIpc) is 3.06. The molecule has 2 atom stereocenters. The van der Waals surface area contributed by atoms with Crippen molar-refractivity contribution < 1.29 is 9.53 Å². The number of hydrogen-bond donors (Lipinski definition) is 0. The number of fused-ring (bicyclic) bond motifs is 1. The van der Waals surface area contributed by atoms with Gasteiger partial charge in [-0.15, -0.1) is 0 Å². The van der Waals surface area contributed by atoms with Crippen LogP contribution in [0.1, 0.15) is 36.4 Å². The Morgan fingerprint density at radius 1 is 1.04 bits per heavy atom. The molecule has 124 valence electrons. The van der Waals surface area contributed by atoms with Gasteiger partial charge in [0.2, 0.25) is 0 Å². The van der Waals surface area contributed by atoms with Gasteiger partial charge < -0.3 is 9.64 Å². The summed E-state index contributed by atoms with van der Waals surface area (Å²) in [5.41, 5.74) is 3.90. The van der Waals surface area contributed by atoms with Crippen molar-refractivity contribution in [3.05, 3.63) is 59.7 Å². The lowest BCUT2D eigenvalue weighted by Gasteiger charge is -2.41. The molecule has 2 aromatic rings. The van der Waals surface area contributed by atoms with Crippen LogP contribution in [0.3, 0.4) is 0 Å². The van der Waals surface area contributed by atoms with Crippen LogP contribution in [0.5, 0.6) is 5.75 Å². The molecule has 3 nitrogen and oxygen atoms in total. The van der Waals surface area contributed by atoms with E-state index < -0.39 is 0 Å². The molecule has 0 saturated heterocycles. The van der Waals surface area contributed by atoms with E-state index in [1.165, 1.54) is 16.8 Å². The Hall–Kier alpha value is -2.29. The largest absolute Gasteiger partial charge is 0.497 e. The van der Waals surface area contributed by atoms with Gasteiger partial charge in [-0.05, 0) is 54.7 Å². The van der Waals surface area contributed by atoms with Crippen LogP contribution >= 0.6 is 0 Å². The van der Waals surface area contributed by atoms with Gasteiger partial charge in [-0.2, -0.15) is 0 Å². The predicted octanol–water partition coefficient (Wildman–Crippen LogP) is 4.17. The molecular weight excluding hydrogens is 298 g/mol. The molecule has 24 heavy (non-hydrogen) atoms. The molecular formula is C21H23NO2. The molecule has 0 radical (unpaired) electrons.